The van der Waals surface area contributed by atoms with Crippen LogP contribution in [0.2, 0.25) is 0 Å². The van der Waals surface area contributed by atoms with Gasteiger partial charge in [-0.1, -0.05) is 13.3 Å². The van der Waals surface area contributed by atoms with Crippen molar-refractivity contribution < 1.29 is 9.53 Å². The van der Waals surface area contributed by atoms with Crippen molar-refractivity contribution in [2.75, 3.05) is 19.7 Å². The van der Waals surface area contributed by atoms with Gasteiger partial charge in [-0.15, -0.1) is 0 Å². The Morgan fingerprint density at radius 3 is 2.83 bits per heavy atom. The highest BCUT2D eigenvalue weighted by Gasteiger charge is 2.27. The molecule has 1 aliphatic heterocycles. The summed E-state index contributed by atoms with van der Waals surface area (Å²) < 4.78 is 7.46. The summed E-state index contributed by atoms with van der Waals surface area (Å²) in [5, 5.41) is 0. The third-order valence-corrected chi connectivity index (χ3v) is 4.88. The molecular formula is C19H27N3O2. The van der Waals surface area contributed by atoms with Gasteiger partial charge in [0, 0.05) is 32.0 Å². The fourth-order valence-corrected chi connectivity index (χ4v) is 3.55. The SMILES string of the molecule is CCCCn1cc(C2CCN(C(=O)OCC)CC2)c2ncccc21. The Morgan fingerprint density at radius 1 is 1.33 bits per heavy atom. The highest BCUT2D eigenvalue weighted by Crippen LogP contribution is 2.33. The minimum atomic E-state index is -0.181. The Morgan fingerprint density at radius 2 is 2.12 bits per heavy atom. The first-order valence-corrected chi connectivity index (χ1v) is 9.10. The van der Waals surface area contributed by atoms with Crippen LogP contribution in [0.3, 0.4) is 0 Å². The van der Waals surface area contributed by atoms with E-state index in [-0.39, 0.29) is 6.09 Å². The Balaban J connectivity index is 1.77. The third kappa shape index (κ3) is 3.40. The largest absolute Gasteiger partial charge is 0.450 e. The second-order valence-corrected chi connectivity index (χ2v) is 6.46. The molecule has 0 bridgehead atoms. The van der Waals surface area contributed by atoms with E-state index in [2.05, 4.69) is 28.7 Å². The van der Waals surface area contributed by atoms with Crippen LogP contribution in [0.5, 0.6) is 0 Å². The molecule has 5 nitrogen and oxygen atoms in total. The maximum Gasteiger partial charge on any atom is 0.409 e. The van der Waals surface area contributed by atoms with Crippen LogP contribution in [0.25, 0.3) is 11.0 Å². The number of aromatic nitrogens is 2. The highest BCUT2D eigenvalue weighted by atomic mass is 16.6. The van der Waals surface area contributed by atoms with Crippen molar-refractivity contribution in [2.24, 2.45) is 0 Å². The summed E-state index contributed by atoms with van der Waals surface area (Å²) >= 11 is 0. The zero-order valence-corrected chi connectivity index (χ0v) is 14.7. The molecule has 1 fully saturated rings. The van der Waals surface area contributed by atoms with Gasteiger partial charge in [0.2, 0.25) is 0 Å². The van der Waals surface area contributed by atoms with Gasteiger partial charge >= 0.3 is 6.09 Å². The van der Waals surface area contributed by atoms with Crippen molar-refractivity contribution >= 4 is 17.1 Å². The summed E-state index contributed by atoms with van der Waals surface area (Å²) in [5.74, 6) is 0.468. The zero-order chi connectivity index (χ0) is 16.9. The van der Waals surface area contributed by atoms with Crippen LogP contribution in [0.15, 0.2) is 24.5 Å². The summed E-state index contributed by atoms with van der Waals surface area (Å²) in [6, 6.07) is 4.17. The number of amides is 1. The van der Waals surface area contributed by atoms with Crippen LogP contribution < -0.4 is 0 Å². The average molecular weight is 329 g/mol. The van der Waals surface area contributed by atoms with Gasteiger partial charge < -0.3 is 14.2 Å². The minimum absolute atomic E-state index is 0.181. The van der Waals surface area contributed by atoms with Crippen molar-refractivity contribution in [3.8, 4) is 0 Å². The maximum atomic E-state index is 11.9. The number of piperidine rings is 1. The molecule has 1 saturated heterocycles. The molecule has 3 rings (SSSR count). The van der Waals surface area contributed by atoms with E-state index in [0.29, 0.717) is 12.5 Å². The lowest BCUT2D eigenvalue weighted by molar-refractivity contribution is 0.0971. The molecule has 2 aromatic heterocycles. The molecule has 0 aliphatic carbocycles. The number of nitrogens with zero attached hydrogens (tertiary/aromatic N) is 3. The summed E-state index contributed by atoms with van der Waals surface area (Å²) in [6.07, 6.45) is 8.30. The van der Waals surface area contributed by atoms with Crippen LogP contribution in [-0.4, -0.2) is 40.2 Å². The minimum Gasteiger partial charge on any atom is -0.450 e. The van der Waals surface area contributed by atoms with E-state index in [0.717, 1.165) is 38.0 Å². The van der Waals surface area contributed by atoms with Crippen molar-refractivity contribution in [1.29, 1.82) is 0 Å². The number of carbonyl (C=O) groups is 1. The number of hydrogen-bond donors (Lipinski definition) is 0. The second kappa shape index (κ2) is 7.69. The number of ether oxygens (including phenoxy) is 1. The molecule has 1 aliphatic rings. The molecule has 3 heterocycles. The second-order valence-electron chi connectivity index (χ2n) is 6.46. The predicted octanol–water partition coefficient (Wildman–Crippen LogP) is 4.17. The molecule has 0 saturated carbocycles. The van der Waals surface area contributed by atoms with Crippen molar-refractivity contribution in [3.05, 3.63) is 30.1 Å². The summed E-state index contributed by atoms with van der Waals surface area (Å²) in [6.45, 7) is 7.07. The van der Waals surface area contributed by atoms with E-state index in [4.69, 9.17) is 4.74 Å². The lowest BCUT2D eigenvalue weighted by atomic mass is 9.90. The Labute approximate surface area is 143 Å². The van der Waals surface area contributed by atoms with Crippen molar-refractivity contribution in [1.82, 2.24) is 14.5 Å². The maximum absolute atomic E-state index is 11.9. The molecule has 24 heavy (non-hydrogen) atoms. The van der Waals surface area contributed by atoms with E-state index in [1.165, 1.54) is 23.9 Å². The molecule has 0 unspecified atom stereocenters. The Bertz CT molecular complexity index is 687. The number of aryl methyl sites for hydroxylation is 1. The van der Waals surface area contributed by atoms with Crippen LogP contribution in [-0.2, 0) is 11.3 Å². The topological polar surface area (TPSA) is 47.4 Å². The quantitative estimate of drug-likeness (QED) is 0.827. The van der Waals surface area contributed by atoms with Gasteiger partial charge in [-0.3, -0.25) is 4.98 Å². The molecule has 0 spiro atoms. The molecule has 130 valence electrons. The predicted molar refractivity (Wildman–Crippen MR) is 95.2 cm³/mol. The number of likely N-dealkylation sites (tertiary alicyclic amines) is 1. The Kier molecular flexibility index (Phi) is 5.38. The first-order valence-electron chi connectivity index (χ1n) is 9.10. The van der Waals surface area contributed by atoms with Crippen molar-refractivity contribution in [2.45, 2.75) is 52.0 Å². The van der Waals surface area contributed by atoms with Gasteiger partial charge in [-0.05, 0) is 49.8 Å². The van der Waals surface area contributed by atoms with Crippen molar-refractivity contribution in [3.63, 3.8) is 0 Å². The summed E-state index contributed by atoms with van der Waals surface area (Å²) in [4.78, 5) is 18.3. The lowest BCUT2D eigenvalue weighted by Gasteiger charge is -2.31. The first-order chi connectivity index (χ1) is 11.7. The monoisotopic (exact) mass is 329 g/mol. The fourth-order valence-electron chi connectivity index (χ4n) is 3.55. The number of unbranched alkanes of at least 4 members (excludes halogenated alkanes) is 1. The molecule has 0 radical (unpaired) electrons. The van der Waals surface area contributed by atoms with E-state index < -0.39 is 0 Å². The molecule has 0 N–H and O–H groups in total. The fraction of sp³-hybridized carbons (Fsp3) is 0.579. The van der Waals surface area contributed by atoms with E-state index >= 15 is 0 Å². The normalized spacial score (nSPS) is 15.8. The average Bonchev–Trinajstić information content (AvgIpc) is 2.99. The van der Waals surface area contributed by atoms with E-state index in [9.17, 15) is 4.79 Å². The molecule has 1 amide bonds. The summed E-state index contributed by atoms with van der Waals surface area (Å²) in [5.41, 5.74) is 3.70. The van der Waals surface area contributed by atoms with E-state index in [1.54, 1.807) is 0 Å². The standard InChI is InChI=1S/C19H27N3O2/c1-3-5-11-22-14-16(18-17(22)7-6-10-20-18)15-8-12-21(13-9-15)19(23)24-4-2/h6-7,10,14-15H,3-5,8-9,11-13H2,1-2H3. The van der Waals surface area contributed by atoms with Crippen LogP contribution >= 0.6 is 0 Å². The molecule has 0 atom stereocenters. The van der Waals surface area contributed by atoms with Gasteiger partial charge in [-0.25, -0.2) is 4.79 Å². The van der Waals surface area contributed by atoms with Gasteiger partial charge in [-0.2, -0.15) is 0 Å². The number of pyridine rings is 1. The van der Waals surface area contributed by atoms with Gasteiger partial charge in [0.25, 0.3) is 0 Å². The van der Waals surface area contributed by atoms with E-state index in [1.807, 2.05) is 24.1 Å². The number of carbonyl (C=O) groups excluding carboxylic acids is 1. The van der Waals surface area contributed by atoms with Crippen LogP contribution in [0, 0.1) is 0 Å². The number of rotatable bonds is 5. The highest BCUT2D eigenvalue weighted by molar-refractivity contribution is 5.80. The zero-order valence-electron chi connectivity index (χ0n) is 14.7. The lowest BCUT2D eigenvalue weighted by Crippen LogP contribution is -2.38. The van der Waals surface area contributed by atoms with Crippen LogP contribution in [0.1, 0.15) is 51.0 Å². The number of fused-ring (bicyclic) bond motifs is 1. The smallest absolute Gasteiger partial charge is 0.409 e. The molecule has 2 aromatic rings. The molecular weight excluding hydrogens is 302 g/mol. The molecule has 5 heteroatoms. The summed E-state index contributed by atoms with van der Waals surface area (Å²) in [7, 11) is 0. The van der Waals surface area contributed by atoms with Crippen LogP contribution in [0.4, 0.5) is 4.79 Å². The van der Waals surface area contributed by atoms with Gasteiger partial charge in [0.15, 0.2) is 0 Å². The van der Waals surface area contributed by atoms with Gasteiger partial charge in [0.1, 0.15) is 0 Å². The third-order valence-electron chi connectivity index (χ3n) is 4.88. The molecule has 0 aromatic carbocycles. The first kappa shape index (κ1) is 16.8. The number of hydrogen-bond acceptors (Lipinski definition) is 3. The Hall–Kier alpha value is -2.04. The van der Waals surface area contributed by atoms with Gasteiger partial charge in [0.05, 0.1) is 17.6 Å².